The molecule has 0 saturated carbocycles. The number of unbranched alkanes of at least 4 members (excludes halogenated alkanes) is 5. The maximum absolute atomic E-state index is 5.63. The van der Waals surface area contributed by atoms with E-state index >= 15 is 0 Å². The van der Waals surface area contributed by atoms with Gasteiger partial charge in [0, 0.05) is 25.9 Å². The van der Waals surface area contributed by atoms with Crippen LogP contribution in [0, 0.1) is 0 Å². The van der Waals surface area contributed by atoms with Crippen LogP contribution in [0.2, 0.25) is 0 Å². The molecular formula is C14H30N4. The van der Waals surface area contributed by atoms with Gasteiger partial charge in [0.15, 0.2) is 0 Å². The van der Waals surface area contributed by atoms with Gasteiger partial charge in [-0.2, -0.15) is 0 Å². The summed E-state index contributed by atoms with van der Waals surface area (Å²) in [5.74, 6) is 1.56. The van der Waals surface area contributed by atoms with Gasteiger partial charge in [-0.15, -0.1) is 0 Å². The summed E-state index contributed by atoms with van der Waals surface area (Å²) in [6, 6.07) is 0. The summed E-state index contributed by atoms with van der Waals surface area (Å²) >= 11 is 0. The van der Waals surface area contributed by atoms with Gasteiger partial charge in [0.2, 0.25) is 0 Å². The number of rotatable bonds is 11. The van der Waals surface area contributed by atoms with Crippen molar-refractivity contribution in [2.24, 2.45) is 21.5 Å². The van der Waals surface area contributed by atoms with E-state index in [2.05, 4.69) is 9.98 Å². The maximum Gasteiger partial charge on any atom is 0.0934 e. The van der Waals surface area contributed by atoms with E-state index < -0.39 is 0 Å². The van der Waals surface area contributed by atoms with Crippen LogP contribution in [0.5, 0.6) is 0 Å². The highest BCUT2D eigenvalue weighted by Crippen LogP contribution is 2.05. The van der Waals surface area contributed by atoms with Gasteiger partial charge < -0.3 is 11.5 Å². The smallest absolute Gasteiger partial charge is 0.0934 e. The van der Waals surface area contributed by atoms with Crippen LogP contribution in [0.4, 0.5) is 0 Å². The van der Waals surface area contributed by atoms with Gasteiger partial charge in [0.05, 0.1) is 11.7 Å². The molecule has 0 aliphatic heterocycles. The van der Waals surface area contributed by atoms with Crippen molar-refractivity contribution < 1.29 is 0 Å². The first kappa shape index (κ1) is 16.9. The van der Waals surface area contributed by atoms with Crippen LogP contribution < -0.4 is 11.5 Å². The third-order valence-electron chi connectivity index (χ3n) is 2.92. The molecule has 0 fully saturated rings. The molecular weight excluding hydrogens is 224 g/mol. The number of hydrogen-bond acceptors (Lipinski definition) is 2. The van der Waals surface area contributed by atoms with Crippen LogP contribution in [0.15, 0.2) is 9.98 Å². The van der Waals surface area contributed by atoms with E-state index in [1.807, 2.05) is 13.8 Å². The number of aliphatic imine (C=N–C) groups is 2. The first-order valence-electron chi connectivity index (χ1n) is 7.28. The van der Waals surface area contributed by atoms with E-state index in [4.69, 9.17) is 11.5 Å². The molecule has 0 aromatic heterocycles. The van der Waals surface area contributed by atoms with E-state index in [0.717, 1.165) is 50.4 Å². The van der Waals surface area contributed by atoms with E-state index in [9.17, 15) is 0 Å². The van der Waals surface area contributed by atoms with Crippen molar-refractivity contribution in [1.29, 1.82) is 0 Å². The lowest BCUT2D eigenvalue weighted by molar-refractivity contribution is 0.601. The maximum atomic E-state index is 5.63. The zero-order chi connectivity index (χ0) is 13.6. The fourth-order valence-electron chi connectivity index (χ4n) is 1.60. The van der Waals surface area contributed by atoms with Crippen molar-refractivity contribution in [3.8, 4) is 0 Å². The summed E-state index contributed by atoms with van der Waals surface area (Å²) in [6.07, 6.45) is 9.11. The SMILES string of the molecule is CCC(N)=NCCCCCCCCN=C(N)CC. The Morgan fingerprint density at radius 3 is 1.33 bits per heavy atom. The second kappa shape index (κ2) is 12.4. The van der Waals surface area contributed by atoms with Gasteiger partial charge >= 0.3 is 0 Å². The Labute approximate surface area is 112 Å². The zero-order valence-corrected chi connectivity index (χ0v) is 12.1. The van der Waals surface area contributed by atoms with Crippen LogP contribution in [-0.2, 0) is 0 Å². The lowest BCUT2D eigenvalue weighted by atomic mass is 10.1. The van der Waals surface area contributed by atoms with E-state index in [1.54, 1.807) is 0 Å². The first-order chi connectivity index (χ1) is 8.70. The molecule has 106 valence electrons. The minimum atomic E-state index is 0.779. The van der Waals surface area contributed by atoms with Crippen LogP contribution in [0.1, 0.15) is 65.2 Å². The quantitative estimate of drug-likeness (QED) is 0.338. The van der Waals surface area contributed by atoms with Gasteiger partial charge in [-0.05, 0) is 12.8 Å². The zero-order valence-electron chi connectivity index (χ0n) is 12.1. The van der Waals surface area contributed by atoms with Crippen molar-refractivity contribution in [2.75, 3.05) is 13.1 Å². The normalized spacial score (nSPS) is 13.0. The molecule has 0 amide bonds. The highest BCUT2D eigenvalue weighted by Gasteiger charge is 1.92. The van der Waals surface area contributed by atoms with Crippen molar-refractivity contribution >= 4 is 11.7 Å². The van der Waals surface area contributed by atoms with E-state index in [-0.39, 0.29) is 0 Å². The minimum Gasteiger partial charge on any atom is -0.387 e. The summed E-state index contributed by atoms with van der Waals surface area (Å²) in [5, 5.41) is 0. The molecule has 0 spiro atoms. The van der Waals surface area contributed by atoms with Crippen molar-refractivity contribution in [3.63, 3.8) is 0 Å². The number of amidine groups is 2. The molecule has 0 saturated heterocycles. The monoisotopic (exact) mass is 254 g/mol. The topological polar surface area (TPSA) is 76.8 Å². The van der Waals surface area contributed by atoms with Crippen molar-refractivity contribution in [2.45, 2.75) is 65.2 Å². The predicted octanol–water partition coefficient (Wildman–Crippen LogP) is 2.86. The highest BCUT2D eigenvalue weighted by molar-refractivity contribution is 5.80. The standard InChI is InChI=1S/C14H30N4/c1-3-13(15)17-11-9-7-5-6-8-10-12-18-14(16)4-2/h3-12H2,1-2H3,(H2,15,17)(H2,16,18). The molecule has 0 unspecified atom stereocenters. The molecule has 4 N–H and O–H groups in total. The van der Waals surface area contributed by atoms with E-state index in [1.165, 1.54) is 25.7 Å². The Hall–Kier alpha value is -1.06. The van der Waals surface area contributed by atoms with Gasteiger partial charge in [0.1, 0.15) is 0 Å². The Bertz CT molecular complexity index is 220. The molecule has 0 radical (unpaired) electrons. The van der Waals surface area contributed by atoms with Crippen LogP contribution in [0.3, 0.4) is 0 Å². The van der Waals surface area contributed by atoms with Crippen LogP contribution in [-0.4, -0.2) is 24.8 Å². The molecule has 4 nitrogen and oxygen atoms in total. The third-order valence-corrected chi connectivity index (χ3v) is 2.92. The average molecular weight is 254 g/mol. The molecule has 0 rings (SSSR count). The fraction of sp³-hybridized carbons (Fsp3) is 0.857. The summed E-state index contributed by atoms with van der Waals surface area (Å²) < 4.78 is 0. The predicted molar refractivity (Wildman–Crippen MR) is 81.3 cm³/mol. The molecule has 0 heterocycles. The van der Waals surface area contributed by atoms with E-state index in [0.29, 0.717) is 0 Å². The molecule has 0 aliphatic carbocycles. The molecule has 0 aromatic carbocycles. The molecule has 0 aliphatic rings. The highest BCUT2D eigenvalue weighted by atomic mass is 14.8. The summed E-state index contributed by atoms with van der Waals surface area (Å²) in [7, 11) is 0. The Morgan fingerprint density at radius 2 is 1.00 bits per heavy atom. The molecule has 4 heteroatoms. The van der Waals surface area contributed by atoms with Crippen LogP contribution in [0.25, 0.3) is 0 Å². The number of hydrogen-bond donors (Lipinski definition) is 2. The van der Waals surface area contributed by atoms with Gasteiger partial charge in [0.25, 0.3) is 0 Å². The second-order valence-corrected chi connectivity index (χ2v) is 4.57. The number of nitrogens with zero attached hydrogens (tertiary/aromatic N) is 2. The summed E-state index contributed by atoms with van der Waals surface area (Å²) in [6.45, 7) is 5.84. The Morgan fingerprint density at radius 1 is 0.667 bits per heavy atom. The molecule has 0 bridgehead atoms. The fourth-order valence-corrected chi connectivity index (χ4v) is 1.60. The van der Waals surface area contributed by atoms with Crippen LogP contribution >= 0.6 is 0 Å². The van der Waals surface area contributed by atoms with Gasteiger partial charge in [-0.1, -0.05) is 39.5 Å². The van der Waals surface area contributed by atoms with Gasteiger partial charge in [-0.3, -0.25) is 9.98 Å². The summed E-state index contributed by atoms with van der Waals surface area (Å²) in [5.41, 5.74) is 11.3. The Kier molecular flexibility index (Phi) is 11.7. The first-order valence-corrected chi connectivity index (χ1v) is 7.28. The average Bonchev–Trinajstić information content (AvgIpc) is 2.40. The minimum absolute atomic E-state index is 0.779. The lowest BCUT2D eigenvalue weighted by Crippen LogP contribution is -2.10. The largest absolute Gasteiger partial charge is 0.387 e. The second-order valence-electron chi connectivity index (χ2n) is 4.57. The molecule has 18 heavy (non-hydrogen) atoms. The Balaban J connectivity index is 3.22. The summed E-state index contributed by atoms with van der Waals surface area (Å²) in [4.78, 5) is 8.56. The molecule has 0 atom stereocenters. The van der Waals surface area contributed by atoms with Crippen molar-refractivity contribution in [3.05, 3.63) is 0 Å². The third kappa shape index (κ3) is 11.4. The van der Waals surface area contributed by atoms with Gasteiger partial charge in [-0.25, -0.2) is 0 Å². The van der Waals surface area contributed by atoms with Crippen molar-refractivity contribution in [1.82, 2.24) is 0 Å². The number of nitrogens with two attached hydrogens (primary N) is 2. The molecule has 0 aromatic rings. The lowest BCUT2D eigenvalue weighted by Gasteiger charge is -2.01.